The van der Waals surface area contributed by atoms with Gasteiger partial charge in [0.05, 0.1) is 0 Å². The van der Waals surface area contributed by atoms with Crippen LogP contribution in [0.25, 0.3) is 0 Å². The van der Waals surface area contributed by atoms with Crippen LogP contribution in [0.4, 0.5) is 0 Å². The number of carboxylic acids is 1. The normalized spacial score (nSPS) is 12.8. The van der Waals surface area contributed by atoms with Gasteiger partial charge in [0.2, 0.25) is 11.8 Å². The summed E-state index contributed by atoms with van der Waals surface area (Å²) in [6.45, 7) is 6.95. The molecule has 0 saturated carbocycles. The van der Waals surface area contributed by atoms with Crippen molar-refractivity contribution in [1.82, 2.24) is 10.2 Å². The molecule has 2 amide bonds. The maximum absolute atomic E-state index is 12.6. The van der Waals surface area contributed by atoms with Gasteiger partial charge >= 0.3 is 5.97 Å². The van der Waals surface area contributed by atoms with Crippen LogP contribution in [0.3, 0.4) is 0 Å². The van der Waals surface area contributed by atoms with E-state index in [1.54, 1.807) is 6.08 Å². The third-order valence-electron chi connectivity index (χ3n) is 3.78. The fourth-order valence-electron chi connectivity index (χ4n) is 2.36. The van der Waals surface area contributed by atoms with E-state index >= 15 is 0 Å². The van der Waals surface area contributed by atoms with Crippen molar-refractivity contribution in [3.63, 3.8) is 0 Å². The van der Waals surface area contributed by atoms with Crippen molar-refractivity contribution in [1.29, 1.82) is 0 Å². The summed E-state index contributed by atoms with van der Waals surface area (Å²) in [5.74, 6) is -1.79. The summed E-state index contributed by atoms with van der Waals surface area (Å²) in [5, 5.41) is 11.8. The lowest BCUT2D eigenvalue weighted by Gasteiger charge is -2.28. The molecule has 1 rings (SSSR count). The Labute approximate surface area is 142 Å². The van der Waals surface area contributed by atoms with Crippen LogP contribution in [0.15, 0.2) is 43.0 Å². The van der Waals surface area contributed by atoms with E-state index in [1.165, 1.54) is 18.7 Å². The van der Waals surface area contributed by atoms with Gasteiger partial charge in [-0.3, -0.25) is 9.59 Å². The molecular weight excluding hydrogens is 308 g/mol. The highest BCUT2D eigenvalue weighted by Gasteiger charge is 2.26. The Morgan fingerprint density at radius 3 is 2.42 bits per heavy atom. The lowest BCUT2D eigenvalue weighted by atomic mass is 9.95. The molecule has 0 spiro atoms. The first kappa shape index (κ1) is 19.4. The molecule has 0 aliphatic carbocycles. The van der Waals surface area contributed by atoms with Crippen molar-refractivity contribution < 1.29 is 19.5 Å². The molecule has 0 heterocycles. The Balaban J connectivity index is 2.83. The van der Waals surface area contributed by atoms with Gasteiger partial charge in [0.15, 0.2) is 0 Å². The molecule has 2 N–H and O–H groups in total. The number of aliphatic carboxylic acids is 1. The lowest BCUT2D eigenvalue weighted by Crippen LogP contribution is -2.47. The van der Waals surface area contributed by atoms with Crippen molar-refractivity contribution in [2.75, 3.05) is 13.1 Å². The zero-order valence-corrected chi connectivity index (χ0v) is 14.1. The average molecular weight is 332 g/mol. The molecule has 0 aliphatic rings. The Hall–Kier alpha value is -2.63. The number of rotatable bonds is 9. The number of carboxylic acid groups (broad SMARTS) is 1. The van der Waals surface area contributed by atoms with E-state index in [0.29, 0.717) is 0 Å². The van der Waals surface area contributed by atoms with Gasteiger partial charge in [0.1, 0.15) is 6.04 Å². The van der Waals surface area contributed by atoms with Gasteiger partial charge in [-0.15, -0.1) is 6.58 Å². The standard InChI is InChI=1S/C18H24N2O4/c1-4-15(16-8-6-5-7-9-16)12-17(22)20(13(2)18(23)24)11-10-19-14(3)21/h4-9,13,15H,1,10-12H2,2-3H3,(H,19,21)(H,23,24). The molecule has 24 heavy (non-hydrogen) atoms. The van der Waals surface area contributed by atoms with Crippen molar-refractivity contribution in [2.45, 2.75) is 32.2 Å². The Kier molecular flexibility index (Phi) is 7.68. The van der Waals surface area contributed by atoms with E-state index in [9.17, 15) is 19.5 Å². The van der Waals surface area contributed by atoms with Crippen LogP contribution >= 0.6 is 0 Å². The molecule has 6 heteroatoms. The highest BCUT2D eigenvalue weighted by atomic mass is 16.4. The monoisotopic (exact) mass is 332 g/mol. The van der Waals surface area contributed by atoms with Gasteiger partial charge in [0.25, 0.3) is 0 Å². The van der Waals surface area contributed by atoms with Gasteiger partial charge < -0.3 is 15.3 Å². The molecule has 1 aromatic carbocycles. The Morgan fingerprint density at radius 2 is 1.92 bits per heavy atom. The fourth-order valence-corrected chi connectivity index (χ4v) is 2.36. The second-order valence-corrected chi connectivity index (χ2v) is 5.54. The summed E-state index contributed by atoms with van der Waals surface area (Å²) < 4.78 is 0. The average Bonchev–Trinajstić information content (AvgIpc) is 2.56. The number of nitrogens with zero attached hydrogens (tertiary/aromatic N) is 1. The maximum atomic E-state index is 12.6. The van der Waals surface area contributed by atoms with Crippen LogP contribution in [0, 0.1) is 0 Å². The summed E-state index contributed by atoms with van der Waals surface area (Å²) in [7, 11) is 0. The smallest absolute Gasteiger partial charge is 0.326 e. The van der Waals surface area contributed by atoms with Gasteiger partial charge in [-0.2, -0.15) is 0 Å². The van der Waals surface area contributed by atoms with Crippen molar-refractivity contribution in [3.8, 4) is 0 Å². The molecule has 6 nitrogen and oxygen atoms in total. The second kappa shape index (κ2) is 9.50. The molecule has 0 aromatic heterocycles. The number of carbonyl (C=O) groups is 3. The molecule has 0 bridgehead atoms. The van der Waals surface area contributed by atoms with Gasteiger partial charge in [-0.1, -0.05) is 36.4 Å². The molecular formula is C18H24N2O4. The van der Waals surface area contributed by atoms with E-state index in [2.05, 4.69) is 11.9 Å². The molecule has 2 unspecified atom stereocenters. The summed E-state index contributed by atoms with van der Waals surface area (Å²) in [6, 6.07) is 8.49. The van der Waals surface area contributed by atoms with Crippen molar-refractivity contribution >= 4 is 17.8 Å². The summed E-state index contributed by atoms with van der Waals surface area (Å²) in [6.07, 6.45) is 1.82. The first-order valence-corrected chi connectivity index (χ1v) is 7.81. The van der Waals surface area contributed by atoms with E-state index in [1.807, 2.05) is 30.3 Å². The minimum atomic E-state index is -1.08. The summed E-state index contributed by atoms with van der Waals surface area (Å²) >= 11 is 0. The van der Waals surface area contributed by atoms with Crippen molar-refractivity contribution in [2.24, 2.45) is 0 Å². The highest BCUT2D eigenvalue weighted by molar-refractivity contribution is 5.84. The zero-order valence-electron chi connectivity index (χ0n) is 14.1. The van der Waals surface area contributed by atoms with Crippen molar-refractivity contribution in [3.05, 3.63) is 48.6 Å². The van der Waals surface area contributed by atoms with Crippen LogP contribution in [0.1, 0.15) is 31.7 Å². The second-order valence-electron chi connectivity index (χ2n) is 5.54. The number of hydrogen-bond acceptors (Lipinski definition) is 3. The van der Waals surface area contributed by atoms with E-state index in [4.69, 9.17) is 0 Å². The molecule has 1 aromatic rings. The third-order valence-corrected chi connectivity index (χ3v) is 3.78. The van der Waals surface area contributed by atoms with Crippen LogP contribution in [-0.2, 0) is 14.4 Å². The fraction of sp³-hybridized carbons (Fsp3) is 0.389. The molecule has 130 valence electrons. The number of hydrogen-bond donors (Lipinski definition) is 2. The number of benzene rings is 1. The molecule has 0 saturated heterocycles. The van der Waals surface area contributed by atoms with E-state index in [-0.39, 0.29) is 37.2 Å². The molecule has 0 fully saturated rings. The minimum Gasteiger partial charge on any atom is -0.480 e. The first-order valence-electron chi connectivity index (χ1n) is 7.81. The number of carbonyl (C=O) groups excluding carboxylic acids is 2. The molecule has 2 atom stereocenters. The Morgan fingerprint density at radius 1 is 1.29 bits per heavy atom. The van der Waals surface area contributed by atoms with Gasteiger partial charge in [-0.05, 0) is 12.5 Å². The maximum Gasteiger partial charge on any atom is 0.326 e. The van der Waals surface area contributed by atoms with E-state index < -0.39 is 12.0 Å². The Bertz CT molecular complexity index is 586. The zero-order chi connectivity index (χ0) is 18.1. The minimum absolute atomic E-state index is 0.130. The first-order chi connectivity index (χ1) is 11.4. The summed E-state index contributed by atoms with van der Waals surface area (Å²) in [5.41, 5.74) is 0.950. The number of allylic oxidation sites excluding steroid dienone is 1. The van der Waals surface area contributed by atoms with E-state index in [0.717, 1.165) is 5.56 Å². The quantitative estimate of drug-likeness (QED) is 0.675. The summed E-state index contributed by atoms with van der Waals surface area (Å²) in [4.78, 5) is 36.1. The van der Waals surface area contributed by atoms with Crippen LogP contribution in [-0.4, -0.2) is 46.9 Å². The predicted molar refractivity (Wildman–Crippen MR) is 91.5 cm³/mol. The van der Waals surface area contributed by atoms with Crippen LogP contribution in [0.2, 0.25) is 0 Å². The molecule has 0 aliphatic heterocycles. The third kappa shape index (κ3) is 5.87. The lowest BCUT2D eigenvalue weighted by molar-refractivity contribution is -0.149. The highest BCUT2D eigenvalue weighted by Crippen LogP contribution is 2.22. The van der Waals surface area contributed by atoms with Crippen LogP contribution < -0.4 is 5.32 Å². The topological polar surface area (TPSA) is 86.7 Å². The van der Waals surface area contributed by atoms with Gasteiger partial charge in [-0.25, -0.2) is 4.79 Å². The largest absolute Gasteiger partial charge is 0.480 e. The number of nitrogens with one attached hydrogen (secondary N) is 1. The van der Waals surface area contributed by atoms with Crippen LogP contribution in [0.5, 0.6) is 0 Å². The number of amides is 2. The van der Waals surface area contributed by atoms with Gasteiger partial charge in [0, 0.05) is 32.4 Å². The molecule has 0 radical (unpaired) electrons. The SMILES string of the molecule is C=CC(CC(=O)N(CCNC(C)=O)C(C)C(=O)O)c1ccccc1. The predicted octanol–water partition coefficient (Wildman–Crippen LogP) is 1.78.